The highest BCUT2D eigenvalue weighted by atomic mass is 16.3. The van der Waals surface area contributed by atoms with Crippen molar-refractivity contribution in [3.8, 4) is 0 Å². The first-order chi connectivity index (χ1) is 7.29. The predicted molar refractivity (Wildman–Crippen MR) is 61.9 cm³/mol. The number of hydrogen-bond acceptors (Lipinski definition) is 3. The van der Waals surface area contributed by atoms with E-state index in [0.29, 0.717) is 6.04 Å². The molecule has 1 heterocycles. The molecule has 3 N–H and O–H groups in total. The van der Waals surface area contributed by atoms with Crippen LogP contribution in [0.15, 0.2) is 0 Å². The second-order valence-electron chi connectivity index (χ2n) is 5.19. The summed E-state index contributed by atoms with van der Waals surface area (Å²) in [5.41, 5.74) is -0.389. The van der Waals surface area contributed by atoms with Crippen molar-refractivity contribution in [1.82, 2.24) is 10.6 Å². The quantitative estimate of drug-likeness (QED) is 0.654. The molecule has 2 aliphatic rings. The van der Waals surface area contributed by atoms with E-state index in [2.05, 4.69) is 10.6 Å². The van der Waals surface area contributed by atoms with Crippen LogP contribution in [-0.4, -0.2) is 36.4 Å². The fraction of sp³-hybridized carbons (Fsp3) is 1.00. The zero-order valence-corrected chi connectivity index (χ0v) is 9.60. The van der Waals surface area contributed by atoms with Gasteiger partial charge in [-0.1, -0.05) is 12.8 Å². The molecule has 0 aromatic heterocycles. The molecular formula is C12H24N2O. The van der Waals surface area contributed by atoms with Gasteiger partial charge < -0.3 is 15.7 Å². The van der Waals surface area contributed by atoms with Gasteiger partial charge in [-0.15, -0.1) is 0 Å². The van der Waals surface area contributed by atoms with Gasteiger partial charge in [0.25, 0.3) is 0 Å². The Kier molecular flexibility index (Phi) is 4.00. The van der Waals surface area contributed by atoms with Crippen molar-refractivity contribution in [3.05, 3.63) is 0 Å². The molecule has 0 aromatic rings. The maximum absolute atomic E-state index is 10.2. The van der Waals surface area contributed by atoms with Crippen LogP contribution in [0, 0.1) is 0 Å². The summed E-state index contributed by atoms with van der Waals surface area (Å²) in [5.74, 6) is 0. The van der Waals surface area contributed by atoms with Crippen LogP contribution in [0.4, 0.5) is 0 Å². The molecule has 1 unspecified atom stereocenters. The Hall–Kier alpha value is -0.120. The van der Waals surface area contributed by atoms with Crippen molar-refractivity contribution in [2.24, 2.45) is 0 Å². The average Bonchev–Trinajstić information content (AvgIpc) is 2.53. The normalized spacial score (nSPS) is 31.4. The largest absolute Gasteiger partial charge is 0.389 e. The molecule has 1 atom stereocenters. The van der Waals surface area contributed by atoms with E-state index in [1.165, 1.54) is 32.1 Å². The van der Waals surface area contributed by atoms with Crippen LogP contribution in [0.2, 0.25) is 0 Å². The second-order valence-corrected chi connectivity index (χ2v) is 5.19. The smallest absolute Gasteiger partial charge is 0.0771 e. The van der Waals surface area contributed by atoms with E-state index in [9.17, 15) is 5.11 Å². The molecule has 1 saturated heterocycles. The van der Waals surface area contributed by atoms with Gasteiger partial charge >= 0.3 is 0 Å². The van der Waals surface area contributed by atoms with E-state index in [1.807, 2.05) is 0 Å². The summed E-state index contributed by atoms with van der Waals surface area (Å²) in [6, 6.07) is 0.615. The fourth-order valence-corrected chi connectivity index (χ4v) is 2.77. The van der Waals surface area contributed by atoms with Crippen LogP contribution in [-0.2, 0) is 0 Å². The molecule has 0 aromatic carbocycles. The number of aliphatic hydroxyl groups is 1. The Balaban J connectivity index is 1.71. The second kappa shape index (κ2) is 5.28. The first kappa shape index (κ1) is 11.4. The van der Waals surface area contributed by atoms with Crippen LogP contribution in [0.25, 0.3) is 0 Å². The van der Waals surface area contributed by atoms with Crippen molar-refractivity contribution in [2.75, 3.05) is 19.6 Å². The van der Waals surface area contributed by atoms with Gasteiger partial charge in [0.1, 0.15) is 0 Å². The summed E-state index contributed by atoms with van der Waals surface area (Å²) < 4.78 is 0. The molecular weight excluding hydrogens is 188 g/mol. The molecule has 2 fully saturated rings. The van der Waals surface area contributed by atoms with Gasteiger partial charge in [-0.25, -0.2) is 0 Å². The molecule has 0 spiro atoms. The van der Waals surface area contributed by atoms with Crippen LogP contribution in [0.1, 0.15) is 44.9 Å². The van der Waals surface area contributed by atoms with Crippen LogP contribution < -0.4 is 10.6 Å². The third-order valence-corrected chi connectivity index (χ3v) is 3.83. The maximum atomic E-state index is 10.2. The van der Waals surface area contributed by atoms with Gasteiger partial charge in [-0.2, -0.15) is 0 Å². The first-order valence-electron chi connectivity index (χ1n) is 6.45. The molecule has 1 aliphatic carbocycles. The van der Waals surface area contributed by atoms with Gasteiger partial charge in [0, 0.05) is 12.6 Å². The van der Waals surface area contributed by atoms with Gasteiger partial charge in [-0.3, -0.25) is 0 Å². The summed E-state index contributed by atoms with van der Waals surface area (Å²) in [6.45, 7) is 3.08. The van der Waals surface area contributed by atoms with Crippen molar-refractivity contribution in [2.45, 2.75) is 56.6 Å². The Morgan fingerprint density at radius 3 is 2.73 bits per heavy atom. The van der Waals surface area contributed by atoms with E-state index >= 15 is 0 Å². The van der Waals surface area contributed by atoms with E-state index in [0.717, 1.165) is 32.5 Å². The molecule has 2 rings (SSSR count). The highest BCUT2D eigenvalue weighted by Gasteiger charge is 2.31. The fourth-order valence-electron chi connectivity index (χ4n) is 2.77. The number of nitrogens with one attached hydrogen (secondary N) is 2. The average molecular weight is 212 g/mol. The van der Waals surface area contributed by atoms with E-state index in [4.69, 9.17) is 0 Å². The van der Waals surface area contributed by atoms with Crippen LogP contribution in [0.3, 0.4) is 0 Å². The minimum Gasteiger partial charge on any atom is -0.389 e. The highest BCUT2D eigenvalue weighted by Crippen LogP contribution is 2.28. The van der Waals surface area contributed by atoms with Crippen LogP contribution in [0.5, 0.6) is 0 Å². The molecule has 0 amide bonds. The Morgan fingerprint density at radius 2 is 1.93 bits per heavy atom. The van der Waals surface area contributed by atoms with Gasteiger partial charge in [0.15, 0.2) is 0 Å². The lowest BCUT2D eigenvalue weighted by Crippen LogP contribution is -2.43. The molecule has 3 nitrogen and oxygen atoms in total. The summed E-state index contributed by atoms with van der Waals surface area (Å²) in [4.78, 5) is 0. The summed E-state index contributed by atoms with van der Waals surface area (Å²) in [5, 5.41) is 17.2. The number of hydrogen-bond donors (Lipinski definition) is 3. The Morgan fingerprint density at radius 1 is 1.13 bits per heavy atom. The van der Waals surface area contributed by atoms with Crippen molar-refractivity contribution in [3.63, 3.8) is 0 Å². The molecule has 15 heavy (non-hydrogen) atoms. The van der Waals surface area contributed by atoms with Gasteiger partial charge in [0.05, 0.1) is 5.60 Å². The predicted octanol–water partition coefficient (Wildman–Crippen LogP) is 1.02. The standard InChI is InChI=1S/C12H24N2O/c15-12(6-1-2-7-12)10-14-11-4-3-8-13-9-5-11/h11,13-15H,1-10H2. The highest BCUT2D eigenvalue weighted by molar-refractivity contribution is 4.87. The molecule has 0 radical (unpaired) electrons. The minimum absolute atomic E-state index is 0.389. The summed E-state index contributed by atoms with van der Waals surface area (Å²) >= 11 is 0. The third kappa shape index (κ3) is 3.44. The summed E-state index contributed by atoms with van der Waals surface area (Å²) in [6.07, 6.45) is 8.10. The lowest BCUT2D eigenvalue weighted by atomic mass is 10.0. The lowest BCUT2D eigenvalue weighted by molar-refractivity contribution is 0.0444. The Bertz CT molecular complexity index is 182. The molecule has 88 valence electrons. The van der Waals surface area contributed by atoms with Crippen molar-refractivity contribution < 1.29 is 5.11 Å². The molecule has 3 heteroatoms. The molecule has 1 saturated carbocycles. The minimum atomic E-state index is -0.389. The van der Waals surface area contributed by atoms with E-state index in [-0.39, 0.29) is 5.60 Å². The number of rotatable bonds is 3. The van der Waals surface area contributed by atoms with E-state index < -0.39 is 0 Å². The van der Waals surface area contributed by atoms with Crippen molar-refractivity contribution >= 4 is 0 Å². The van der Waals surface area contributed by atoms with Gasteiger partial charge in [-0.05, 0) is 45.2 Å². The molecule has 0 bridgehead atoms. The lowest BCUT2D eigenvalue weighted by Gasteiger charge is -2.26. The topological polar surface area (TPSA) is 44.3 Å². The zero-order valence-electron chi connectivity index (χ0n) is 9.60. The van der Waals surface area contributed by atoms with Crippen molar-refractivity contribution in [1.29, 1.82) is 0 Å². The first-order valence-corrected chi connectivity index (χ1v) is 6.45. The monoisotopic (exact) mass is 212 g/mol. The van der Waals surface area contributed by atoms with Gasteiger partial charge in [0.2, 0.25) is 0 Å². The SMILES string of the molecule is OC1(CNC2CCCNCC2)CCCC1. The van der Waals surface area contributed by atoms with Crippen LogP contribution >= 0.6 is 0 Å². The third-order valence-electron chi connectivity index (χ3n) is 3.83. The summed E-state index contributed by atoms with van der Waals surface area (Å²) in [7, 11) is 0. The maximum Gasteiger partial charge on any atom is 0.0771 e. The molecule has 1 aliphatic heterocycles. The Labute approximate surface area is 92.6 Å². The van der Waals surface area contributed by atoms with E-state index in [1.54, 1.807) is 0 Å². The zero-order chi connectivity index (χ0) is 10.6.